The summed E-state index contributed by atoms with van der Waals surface area (Å²) < 4.78 is 19.1. The lowest BCUT2D eigenvalue weighted by Gasteiger charge is -2.16. The molecule has 3 heterocycles. The lowest BCUT2D eigenvalue weighted by atomic mass is 10.2. The van der Waals surface area contributed by atoms with E-state index < -0.39 is 23.6 Å². The maximum absolute atomic E-state index is 14.2. The summed E-state index contributed by atoms with van der Waals surface area (Å²) in [5.74, 6) is -2.27. The fourth-order valence-electron chi connectivity index (χ4n) is 2.25. The molecule has 2 aliphatic heterocycles. The zero-order chi connectivity index (χ0) is 15.9. The summed E-state index contributed by atoms with van der Waals surface area (Å²) in [5, 5.41) is 8.89. The lowest BCUT2D eigenvalue weighted by molar-refractivity contribution is -0.114. The number of anilines is 1. The third kappa shape index (κ3) is 1.83. The van der Waals surface area contributed by atoms with E-state index in [1.165, 1.54) is 18.1 Å². The highest BCUT2D eigenvalue weighted by Gasteiger charge is 2.44. The van der Waals surface area contributed by atoms with Crippen LogP contribution in [0, 0.1) is 17.1 Å². The van der Waals surface area contributed by atoms with Crippen molar-refractivity contribution >= 4 is 17.8 Å². The summed E-state index contributed by atoms with van der Waals surface area (Å²) in [5.41, 5.74) is 0.0264. The van der Waals surface area contributed by atoms with E-state index >= 15 is 0 Å². The van der Waals surface area contributed by atoms with Crippen molar-refractivity contribution in [2.45, 2.75) is 0 Å². The van der Waals surface area contributed by atoms with Crippen LogP contribution in [0.5, 0.6) is 5.88 Å². The van der Waals surface area contributed by atoms with Crippen LogP contribution in [-0.4, -0.2) is 35.5 Å². The number of allylic oxidation sites excluding steroid dienone is 2. The number of rotatable bonds is 2. The summed E-state index contributed by atoms with van der Waals surface area (Å²) in [6.45, 7) is 0.224. The number of ether oxygens (including phenoxy) is 1. The van der Waals surface area contributed by atoms with Crippen molar-refractivity contribution in [2.75, 3.05) is 18.6 Å². The highest BCUT2D eigenvalue weighted by molar-refractivity contribution is 6.26. The summed E-state index contributed by atoms with van der Waals surface area (Å²) in [6.07, 6.45) is 4.81. The zero-order valence-electron chi connectivity index (χ0n) is 11.4. The van der Waals surface area contributed by atoms with Gasteiger partial charge in [-0.3, -0.25) is 9.69 Å². The molecule has 0 bridgehead atoms. The number of nitriles is 1. The maximum atomic E-state index is 14.2. The van der Waals surface area contributed by atoms with Gasteiger partial charge in [-0.2, -0.15) is 10.2 Å². The van der Waals surface area contributed by atoms with Gasteiger partial charge in [-0.1, -0.05) is 12.2 Å². The minimum absolute atomic E-state index is 0.124. The van der Waals surface area contributed by atoms with Crippen molar-refractivity contribution in [3.05, 3.63) is 41.4 Å². The third-order valence-corrected chi connectivity index (χ3v) is 3.26. The van der Waals surface area contributed by atoms with Gasteiger partial charge in [0.05, 0.1) is 7.11 Å². The van der Waals surface area contributed by atoms with E-state index in [1.54, 1.807) is 18.2 Å². The number of methoxy groups -OCH3 is 1. The van der Waals surface area contributed by atoms with Crippen LogP contribution in [0.4, 0.5) is 15.0 Å². The number of halogens is 1. The number of nitrogens with zero attached hydrogens (tertiary/aromatic N) is 4. The van der Waals surface area contributed by atoms with Crippen LogP contribution >= 0.6 is 0 Å². The Morgan fingerprint density at radius 1 is 1.45 bits per heavy atom. The first-order valence-corrected chi connectivity index (χ1v) is 6.26. The number of urea groups is 1. The van der Waals surface area contributed by atoms with Crippen LogP contribution in [0.25, 0.3) is 0 Å². The number of fused-ring (bicyclic) bond motifs is 1. The molecule has 1 saturated heterocycles. The van der Waals surface area contributed by atoms with E-state index in [1.807, 2.05) is 0 Å². The van der Waals surface area contributed by atoms with Gasteiger partial charge in [0.15, 0.2) is 11.6 Å². The number of aromatic nitrogens is 1. The van der Waals surface area contributed by atoms with Gasteiger partial charge in [-0.05, 0) is 6.08 Å². The van der Waals surface area contributed by atoms with E-state index in [4.69, 9.17) is 10.00 Å². The Morgan fingerprint density at radius 3 is 2.86 bits per heavy atom. The van der Waals surface area contributed by atoms with Crippen LogP contribution in [0.3, 0.4) is 0 Å². The van der Waals surface area contributed by atoms with Gasteiger partial charge in [-0.15, -0.1) is 0 Å². The molecule has 22 heavy (non-hydrogen) atoms. The van der Waals surface area contributed by atoms with Crippen LogP contribution in [0.2, 0.25) is 0 Å². The molecular weight excluding hydrogens is 291 g/mol. The average Bonchev–Trinajstić information content (AvgIpc) is 2.79. The van der Waals surface area contributed by atoms with Crippen molar-refractivity contribution < 1.29 is 18.7 Å². The van der Waals surface area contributed by atoms with Gasteiger partial charge in [0, 0.05) is 12.6 Å². The molecule has 1 fully saturated rings. The number of hydrogen-bond donors (Lipinski definition) is 0. The molecule has 2 aliphatic rings. The Morgan fingerprint density at radius 2 is 2.23 bits per heavy atom. The first kappa shape index (κ1) is 13.8. The molecule has 0 aliphatic carbocycles. The van der Waals surface area contributed by atoms with Gasteiger partial charge in [0.2, 0.25) is 5.88 Å². The van der Waals surface area contributed by atoms with Gasteiger partial charge in [0.25, 0.3) is 5.91 Å². The quantitative estimate of drug-likeness (QED) is 0.769. The Hall–Kier alpha value is -3.21. The molecule has 7 nitrogen and oxygen atoms in total. The number of carbonyl (C=O) groups excluding carboxylic acids is 2. The fraction of sp³-hybridized carbons (Fsp3) is 0.143. The number of pyridine rings is 1. The smallest absolute Gasteiger partial charge is 0.337 e. The molecule has 0 atom stereocenters. The SMILES string of the molecule is COc1nc(N2C(=O)C3=CC=CCN3C2=O)c(F)cc1C#N. The average molecular weight is 300 g/mol. The van der Waals surface area contributed by atoms with Crippen LogP contribution < -0.4 is 9.64 Å². The minimum Gasteiger partial charge on any atom is -0.480 e. The molecule has 110 valence electrons. The molecule has 0 spiro atoms. The summed E-state index contributed by atoms with van der Waals surface area (Å²) >= 11 is 0. The van der Waals surface area contributed by atoms with Gasteiger partial charge in [0.1, 0.15) is 17.3 Å². The monoisotopic (exact) mass is 300 g/mol. The van der Waals surface area contributed by atoms with Crippen molar-refractivity contribution in [1.29, 1.82) is 5.26 Å². The van der Waals surface area contributed by atoms with Crippen molar-refractivity contribution in [3.63, 3.8) is 0 Å². The van der Waals surface area contributed by atoms with E-state index in [2.05, 4.69) is 4.98 Å². The van der Waals surface area contributed by atoms with E-state index in [0.717, 1.165) is 6.07 Å². The van der Waals surface area contributed by atoms with Crippen LogP contribution in [0.1, 0.15) is 5.56 Å². The van der Waals surface area contributed by atoms with Crippen LogP contribution in [0.15, 0.2) is 30.0 Å². The van der Waals surface area contributed by atoms with Gasteiger partial charge >= 0.3 is 6.03 Å². The molecule has 0 aromatic carbocycles. The Labute approximate surface area is 124 Å². The Balaban J connectivity index is 2.11. The predicted molar refractivity (Wildman–Crippen MR) is 72.3 cm³/mol. The molecule has 3 rings (SSSR count). The Kier molecular flexibility index (Phi) is 3.10. The topological polar surface area (TPSA) is 86.5 Å². The standard InChI is InChI=1S/C14H9FN4O3/c1-22-12-8(7-16)6-9(15)11(17-12)19-13(20)10-4-2-3-5-18(10)14(19)21/h2-4,6H,5H2,1H3. The summed E-state index contributed by atoms with van der Waals surface area (Å²) in [6, 6.07) is 1.91. The molecule has 1 aromatic heterocycles. The first-order valence-electron chi connectivity index (χ1n) is 6.26. The van der Waals surface area contributed by atoms with E-state index in [-0.39, 0.29) is 23.7 Å². The normalized spacial score (nSPS) is 16.5. The van der Waals surface area contributed by atoms with Crippen molar-refractivity contribution in [3.8, 4) is 11.9 Å². The number of hydrogen-bond acceptors (Lipinski definition) is 5. The van der Waals surface area contributed by atoms with E-state index in [9.17, 15) is 14.0 Å². The predicted octanol–water partition coefficient (Wildman–Crippen LogP) is 1.32. The number of imide groups is 1. The van der Waals surface area contributed by atoms with Crippen LogP contribution in [-0.2, 0) is 4.79 Å². The molecule has 1 aromatic rings. The number of carbonyl (C=O) groups is 2. The molecule has 0 radical (unpaired) electrons. The maximum Gasteiger partial charge on any atom is 0.337 e. The molecule has 0 saturated carbocycles. The second-order valence-electron chi connectivity index (χ2n) is 4.48. The molecule has 3 amide bonds. The van der Waals surface area contributed by atoms with Gasteiger partial charge < -0.3 is 4.74 Å². The van der Waals surface area contributed by atoms with Crippen molar-refractivity contribution in [1.82, 2.24) is 9.88 Å². The van der Waals surface area contributed by atoms with Crippen molar-refractivity contribution in [2.24, 2.45) is 0 Å². The Bertz CT molecular complexity index is 794. The van der Waals surface area contributed by atoms with E-state index in [0.29, 0.717) is 4.90 Å². The summed E-state index contributed by atoms with van der Waals surface area (Å²) in [7, 11) is 1.26. The number of amides is 3. The summed E-state index contributed by atoms with van der Waals surface area (Å²) in [4.78, 5) is 30.3. The second-order valence-corrected chi connectivity index (χ2v) is 4.48. The molecule has 8 heteroatoms. The third-order valence-electron chi connectivity index (χ3n) is 3.26. The second kappa shape index (κ2) is 4.96. The van der Waals surface area contributed by atoms with Gasteiger partial charge in [-0.25, -0.2) is 14.1 Å². The minimum atomic E-state index is -0.951. The first-order chi connectivity index (χ1) is 10.6. The highest BCUT2D eigenvalue weighted by atomic mass is 19.1. The lowest BCUT2D eigenvalue weighted by Crippen LogP contribution is -2.34. The molecule has 0 unspecified atom stereocenters. The fourth-order valence-corrected chi connectivity index (χ4v) is 2.25. The highest BCUT2D eigenvalue weighted by Crippen LogP contribution is 2.31. The largest absolute Gasteiger partial charge is 0.480 e. The molecular formula is C14H9FN4O3. The molecule has 0 N–H and O–H groups in total. The zero-order valence-corrected chi connectivity index (χ0v) is 11.4.